The molecule has 0 saturated heterocycles. The van der Waals surface area contributed by atoms with E-state index in [1.807, 2.05) is 36.4 Å². The first-order chi connectivity index (χ1) is 10.1. The van der Waals surface area contributed by atoms with Crippen LogP contribution in [0.3, 0.4) is 0 Å². The van der Waals surface area contributed by atoms with Crippen molar-refractivity contribution >= 4 is 49.9 Å². The van der Waals surface area contributed by atoms with E-state index in [0.29, 0.717) is 0 Å². The Labute approximate surface area is 148 Å². The summed E-state index contributed by atoms with van der Waals surface area (Å²) in [6, 6.07) is 15.8. The average molecular weight is 472 g/mol. The van der Waals surface area contributed by atoms with E-state index in [1.54, 1.807) is 0 Å². The SMILES string of the molecule is NC(c1ccccc1)c1nnc(-c2cc(Br)ccc2I)s1. The van der Waals surface area contributed by atoms with E-state index in [0.717, 1.165) is 29.2 Å². The smallest absolute Gasteiger partial charge is 0.148 e. The Morgan fingerprint density at radius 1 is 1.10 bits per heavy atom. The Morgan fingerprint density at radius 2 is 1.86 bits per heavy atom. The van der Waals surface area contributed by atoms with Crippen LogP contribution in [-0.2, 0) is 0 Å². The molecular weight excluding hydrogens is 461 g/mol. The lowest BCUT2D eigenvalue weighted by atomic mass is 10.1. The second-order valence-electron chi connectivity index (χ2n) is 4.46. The quantitative estimate of drug-likeness (QED) is 0.567. The molecule has 1 unspecified atom stereocenters. The summed E-state index contributed by atoms with van der Waals surface area (Å²) < 4.78 is 2.17. The number of aromatic nitrogens is 2. The Bertz CT molecular complexity index is 761. The second-order valence-corrected chi connectivity index (χ2v) is 7.54. The molecule has 0 radical (unpaired) electrons. The summed E-state index contributed by atoms with van der Waals surface area (Å²) in [5.41, 5.74) is 8.40. The van der Waals surface area contributed by atoms with Crippen LogP contribution in [0.2, 0.25) is 0 Å². The highest BCUT2D eigenvalue weighted by Crippen LogP contribution is 2.33. The highest BCUT2D eigenvalue weighted by atomic mass is 127. The van der Waals surface area contributed by atoms with Gasteiger partial charge in [-0.15, -0.1) is 10.2 Å². The van der Waals surface area contributed by atoms with Gasteiger partial charge in [-0.3, -0.25) is 0 Å². The molecule has 0 saturated carbocycles. The minimum absolute atomic E-state index is 0.234. The summed E-state index contributed by atoms with van der Waals surface area (Å²) >= 11 is 7.34. The Kier molecular flexibility index (Phi) is 4.68. The van der Waals surface area contributed by atoms with Crippen LogP contribution in [-0.4, -0.2) is 10.2 Å². The zero-order valence-electron chi connectivity index (χ0n) is 10.8. The van der Waals surface area contributed by atoms with Crippen molar-refractivity contribution in [2.75, 3.05) is 0 Å². The number of hydrogen-bond acceptors (Lipinski definition) is 4. The molecule has 0 aliphatic heterocycles. The van der Waals surface area contributed by atoms with Gasteiger partial charge in [0.1, 0.15) is 10.0 Å². The standard InChI is InChI=1S/C15H11BrIN3S/c16-10-6-7-12(17)11(8-10)14-19-20-15(21-14)13(18)9-4-2-1-3-5-9/h1-8,13H,18H2. The van der Waals surface area contributed by atoms with Gasteiger partial charge < -0.3 is 5.73 Å². The molecule has 21 heavy (non-hydrogen) atoms. The molecule has 3 aromatic rings. The summed E-state index contributed by atoms with van der Waals surface area (Å²) in [6.07, 6.45) is 0. The van der Waals surface area contributed by atoms with Crippen molar-refractivity contribution in [3.63, 3.8) is 0 Å². The van der Waals surface area contributed by atoms with Crippen LogP contribution in [0.25, 0.3) is 10.6 Å². The Morgan fingerprint density at radius 3 is 2.62 bits per heavy atom. The van der Waals surface area contributed by atoms with E-state index in [9.17, 15) is 0 Å². The van der Waals surface area contributed by atoms with E-state index in [1.165, 1.54) is 11.3 Å². The Balaban J connectivity index is 1.95. The summed E-state index contributed by atoms with van der Waals surface area (Å²) in [4.78, 5) is 0. The zero-order valence-corrected chi connectivity index (χ0v) is 15.4. The van der Waals surface area contributed by atoms with Crippen molar-refractivity contribution in [2.24, 2.45) is 5.73 Å². The average Bonchev–Trinajstić information content (AvgIpc) is 2.99. The van der Waals surface area contributed by atoms with E-state index in [-0.39, 0.29) is 6.04 Å². The number of nitrogens with zero attached hydrogens (tertiary/aromatic N) is 2. The number of hydrogen-bond donors (Lipinski definition) is 1. The van der Waals surface area contributed by atoms with Gasteiger partial charge in [-0.1, -0.05) is 57.6 Å². The number of halogens is 2. The third-order valence-corrected chi connectivity index (χ3v) is 5.50. The first kappa shape index (κ1) is 15.1. The van der Waals surface area contributed by atoms with Crippen molar-refractivity contribution in [1.29, 1.82) is 0 Å². The molecule has 1 heterocycles. The van der Waals surface area contributed by atoms with Gasteiger partial charge in [-0.05, 0) is 46.4 Å². The third-order valence-electron chi connectivity index (χ3n) is 3.02. The van der Waals surface area contributed by atoms with Crippen LogP contribution in [0.1, 0.15) is 16.6 Å². The maximum absolute atomic E-state index is 6.27. The zero-order chi connectivity index (χ0) is 14.8. The van der Waals surface area contributed by atoms with Crippen molar-refractivity contribution < 1.29 is 0 Å². The highest BCUT2D eigenvalue weighted by molar-refractivity contribution is 14.1. The van der Waals surface area contributed by atoms with Crippen LogP contribution in [0.15, 0.2) is 53.0 Å². The lowest BCUT2D eigenvalue weighted by molar-refractivity contribution is 0.831. The summed E-state index contributed by atoms with van der Waals surface area (Å²) in [7, 11) is 0. The number of nitrogens with two attached hydrogens (primary N) is 1. The van der Waals surface area contributed by atoms with Crippen LogP contribution in [0.5, 0.6) is 0 Å². The van der Waals surface area contributed by atoms with Crippen LogP contribution < -0.4 is 5.73 Å². The minimum atomic E-state index is -0.234. The molecule has 0 aliphatic rings. The predicted octanol–water partition coefficient (Wildman–Crippen LogP) is 4.62. The van der Waals surface area contributed by atoms with E-state index in [2.05, 4.69) is 60.9 Å². The molecule has 3 rings (SSSR count). The summed E-state index contributed by atoms with van der Waals surface area (Å²) in [5.74, 6) is 0. The first-order valence-electron chi connectivity index (χ1n) is 6.24. The van der Waals surface area contributed by atoms with Crippen molar-refractivity contribution in [3.8, 4) is 10.6 Å². The van der Waals surface area contributed by atoms with Crippen LogP contribution in [0, 0.1) is 3.57 Å². The molecule has 6 heteroatoms. The monoisotopic (exact) mass is 471 g/mol. The number of benzene rings is 2. The first-order valence-corrected chi connectivity index (χ1v) is 8.93. The van der Waals surface area contributed by atoms with E-state index >= 15 is 0 Å². The minimum Gasteiger partial charge on any atom is -0.318 e. The fourth-order valence-corrected chi connectivity index (χ4v) is 3.97. The maximum Gasteiger partial charge on any atom is 0.148 e. The maximum atomic E-state index is 6.27. The number of rotatable bonds is 3. The van der Waals surface area contributed by atoms with Gasteiger partial charge in [0.2, 0.25) is 0 Å². The highest BCUT2D eigenvalue weighted by Gasteiger charge is 2.16. The van der Waals surface area contributed by atoms with Gasteiger partial charge in [0.15, 0.2) is 0 Å². The van der Waals surface area contributed by atoms with Gasteiger partial charge in [0.25, 0.3) is 0 Å². The summed E-state index contributed by atoms with van der Waals surface area (Å²) in [6.45, 7) is 0. The topological polar surface area (TPSA) is 51.8 Å². The molecular formula is C15H11BrIN3S. The fourth-order valence-electron chi connectivity index (χ4n) is 1.93. The normalized spacial score (nSPS) is 12.3. The predicted molar refractivity (Wildman–Crippen MR) is 98.2 cm³/mol. The molecule has 0 spiro atoms. The lowest BCUT2D eigenvalue weighted by Crippen LogP contribution is -2.11. The van der Waals surface area contributed by atoms with Crippen LogP contribution >= 0.6 is 49.9 Å². The molecule has 2 N–H and O–H groups in total. The van der Waals surface area contributed by atoms with Gasteiger partial charge in [0, 0.05) is 13.6 Å². The second kappa shape index (κ2) is 6.51. The molecule has 2 aromatic carbocycles. The molecule has 0 aliphatic carbocycles. The van der Waals surface area contributed by atoms with Gasteiger partial charge >= 0.3 is 0 Å². The fraction of sp³-hybridized carbons (Fsp3) is 0.0667. The molecule has 3 nitrogen and oxygen atoms in total. The van der Waals surface area contributed by atoms with Gasteiger partial charge in [-0.2, -0.15) is 0 Å². The lowest BCUT2D eigenvalue weighted by Gasteiger charge is -2.07. The van der Waals surface area contributed by atoms with E-state index < -0.39 is 0 Å². The van der Waals surface area contributed by atoms with Crippen LogP contribution in [0.4, 0.5) is 0 Å². The molecule has 1 atom stereocenters. The molecule has 1 aromatic heterocycles. The molecule has 106 valence electrons. The van der Waals surface area contributed by atoms with Gasteiger partial charge in [0.05, 0.1) is 6.04 Å². The van der Waals surface area contributed by atoms with Crippen molar-refractivity contribution in [2.45, 2.75) is 6.04 Å². The Hall–Kier alpha value is -0.830. The largest absolute Gasteiger partial charge is 0.318 e. The van der Waals surface area contributed by atoms with Crippen molar-refractivity contribution in [3.05, 3.63) is 67.1 Å². The van der Waals surface area contributed by atoms with Gasteiger partial charge in [-0.25, -0.2) is 0 Å². The molecule has 0 bridgehead atoms. The third kappa shape index (κ3) is 3.33. The molecule has 0 amide bonds. The molecule has 0 fully saturated rings. The van der Waals surface area contributed by atoms with Crippen molar-refractivity contribution in [1.82, 2.24) is 10.2 Å². The van der Waals surface area contributed by atoms with E-state index in [4.69, 9.17) is 5.73 Å². The summed E-state index contributed by atoms with van der Waals surface area (Å²) in [5, 5.41) is 10.3.